The highest BCUT2D eigenvalue weighted by atomic mass is 32.1. The number of hydrogen-bond donors (Lipinski definition) is 1. The van der Waals surface area contributed by atoms with E-state index in [1.165, 1.54) is 16.2 Å². The maximum Gasteiger partial charge on any atom is 0.290 e. The number of aliphatic hydroxyl groups is 1. The molecule has 1 atom stereocenters. The number of pyridine rings is 1. The number of aliphatic hydroxyl groups excluding tert-OH is 1. The topological polar surface area (TPSA) is 79.7 Å². The lowest BCUT2D eigenvalue weighted by atomic mass is 9.95. The van der Waals surface area contributed by atoms with E-state index in [0.717, 1.165) is 18.4 Å². The van der Waals surface area contributed by atoms with E-state index in [-0.39, 0.29) is 17.9 Å². The lowest BCUT2D eigenvalue weighted by Crippen LogP contribution is -2.30. The maximum atomic E-state index is 13.3. The van der Waals surface area contributed by atoms with Gasteiger partial charge in [0.15, 0.2) is 5.76 Å². The zero-order valence-electron chi connectivity index (χ0n) is 17.7. The Balaban J connectivity index is 1.74. The van der Waals surface area contributed by atoms with Crippen LogP contribution in [0.5, 0.6) is 5.75 Å². The quantitative estimate of drug-likeness (QED) is 0.364. The molecule has 4 rings (SSSR count). The SMILES string of the molecule is CCCCOc1cccc([C@H]2C(C(=O)c3cccs3)=C(O)C(=O)N2Cc2cccnc2)c1. The fourth-order valence-electron chi connectivity index (χ4n) is 3.73. The number of unbranched alkanes of at least 4 members (excludes halogenated alkanes) is 1. The second-order valence-electron chi connectivity index (χ2n) is 7.54. The zero-order valence-corrected chi connectivity index (χ0v) is 18.5. The van der Waals surface area contributed by atoms with Crippen molar-refractivity contribution in [1.29, 1.82) is 0 Å². The Morgan fingerprint density at radius 2 is 2.09 bits per heavy atom. The highest BCUT2D eigenvalue weighted by molar-refractivity contribution is 7.12. The van der Waals surface area contributed by atoms with Crippen molar-refractivity contribution in [2.45, 2.75) is 32.4 Å². The predicted molar refractivity (Wildman–Crippen MR) is 123 cm³/mol. The second-order valence-corrected chi connectivity index (χ2v) is 8.49. The van der Waals surface area contributed by atoms with Crippen molar-refractivity contribution < 1.29 is 19.4 Å². The molecule has 1 aromatic carbocycles. The molecule has 0 radical (unpaired) electrons. The first kappa shape index (κ1) is 21.8. The first-order valence-electron chi connectivity index (χ1n) is 10.5. The zero-order chi connectivity index (χ0) is 22.5. The number of amides is 1. The van der Waals surface area contributed by atoms with Crippen molar-refractivity contribution in [2.75, 3.05) is 6.61 Å². The van der Waals surface area contributed by atoms with Gasteiger partial charge in [-0.05, 0) is 47.2 Å². The van der Waals surface area contributed by atoms with Crippen molar-refractivity contribution in [3.05, 3.63) is 93.6 Å². The molecule has 32 heavy (non-hydrogen) atoms. The van der Waals surface area contributed by atoms with Gasteiger partial charge >= 0.3 is 0 Å². The highest BCUT2D eigenvalue weighted by Crippen LogP contribution is 2.41. The third-order valence-electron chi connectivity index (χ3n) is 5.31. The van der Waals surface area contributed by atoms with E-state index in [1.807, 2.05) is 30.3 Å². The molecule has 1 aliphatic rings. The van der Waals surface area contributed by atoms with Crippen LogP contribution in [-0.2, 0) is 11.3 Å². The Kier molecular flexibility index (Phi) is 6.66. The Hall–Kier alpha value is -3.45. The summed E-state index contributed by atoms with van der Waals surface area (Å²) in [4.78, 5) is 32.5. The minimum absolute atomic E-state index is 0.0899. The molecule has 0 unspecified atom stereocenters. The summed E-state index contributed by atoms with van der Waals surface area (Å²) in [6, 6.07) is 13.8. The molecule has 1 amide bonds. The van der Waals surface area contributed by atoms with Gasteiger partial charge in [-0.1, -0.05) is 37.6 Å². The van der Waals surface area contributed by atoms with Gasteiger partial charge in [-0.15, -0.1) is 11.3 Å². The summed E-state index contributed by atoms with van der Waals surface area (Å²) >= 11 is 1.28. The maximum absolute atomic E-state index is 13.3. The molecule has 7 heteroatoms. The van der Waals surface area contributed by atoms with Crippen molar-refractivity contribution in [1.82, 2.24) is 9.88 Å². The van der Waals surface area contributed by atoms with Crippen molar-refractivity contribution in [3.8, 4) is 5.75 Å². The Bertz CT molecular complexity index is 1130. The number of thiophene rings is 1. The summed E-state index contributed by atoms with van der Waals surface area (Å²) in [7, 11) is 0. The van der Waals surface area contributed by atoms with E-state index in [1.54, 1.807) is 36.0 Å². The molecular formula is C25H24N2O4S. The number of ether oxygens (including phenoxy) is 1. The molecule has 0 spiro atoms. The molecule has 0 saturated carbocycles. The van der Waals surface area contributed by atoms with Gasteiger partial charge in [0.2, 0.25) is 5.78 Å². The highest BCUT2D eigenvalue weighted by Gasteiger charge is 2.44. The number of hydrogen-bond acceptors (Lipinski definition) is 6. The fourth-order valence-corrected chi connectivity index (χ4v) is 4.41. The van der Waals surface area contributed by atoms with Gasteiger partial charge in [-0.2, -0.15) is 0 Å². The van der Waals surface area contributed by atoms with Crippen LogP contribution in [-0.4, -0.2) is 33.3 Å². The van der Waals surface area contributed by atoms with E-state index < -0.39 is 17.7 Å². The molecule has 0 fully saturated rings. The minimum Gasteiger partial charge on any atom is -0.503 e. The lowest BCUT2D eigenvalue weighted by Gasteiger charge is -2.27. The number of Topliss-reactive ketones (excluding diaryl/α,β-unsaturated/α-hetero) is 1. The van der Waals surface area contributed by atoms with Crippen molar-refractivity contribution in [3.63, 3.8) is 0 Å². The van der Waals surface area contributed by atoms with Crippen LogP contribution in [0.4, 0.5) is 0 Å². The minimum atomic E-state index is -0.730. The van der Waals surface area contributed by atoms with Crippen molar-refractivity contribution >= 4 is 23.0 Å². The Labute approximate surface area is 190 Å². The molecule has 3 heterocycles. The molecule has 0 saturated heterocycles. The summed E-state index contributed by atoms with van der Waals surface area (Å²) in [5, 5.41) is 12.6. The number of benzene rings is 1. The number of rotatable bonds is 9. The van der Waals surface area contributed by atoms with Gasteiger partial charge in [-0.3, -0.25) is 14.6 Å². The van der Waals surface area contributed by atoms with E-state index in [0.29, 0.717) is 22.8 Å². The second kappa shape index (κ2) is 9.78. The molecule has 6 nitrogen and oxygen atoms in total. The molecule has 1 aliphatic heterocycles. The first-order chi connectivity index (χ1) is 15.6. The monoisotopic (exact) mass is 448 g/mol. The molecule has 0 aliphatic carbocycles. The largest absolute Gasteiger partial charge is 0.503 e. The third-order valence-corrected chi connectivity index (χ3v) is 6.18. The number of aromatic nitrogens is 1. The van der Waals surface area contributed by atoms with Crippen LogP contribution in [0.1, 0.15) is 46.6 Å². The van der Waals surface area contributed by atoms with Crippen LogP contribution in [0, 0.1) is 0 Å². The summed E-state index contributed by atoms with van der Waals surface area (Å²) in [5.74, 6) is -0.758. The van der Waals surface area contributed by atoms with Gasteiger partial charge in [0.05, 0.1) is 23.1 Å². The van der Waals surface area contributed by atoms with Gasteiger partial charge in [0.25, 0.3) is 5.91 Å². The van der Waals surface area contributed by atoms with Crippen LogP contribution in [0.3, 0.4) is 0 Å². The Morgan fingerprint density at radius 1 is 1.22 bits per heavy atom. The van der Waals surface area contributed by atoms with Crippen LogP contribution in [0.25, 0.3) is 0 Å². The van der Waals surface area contributed by atoms with Gasteiger partial charge in [0, 0.05) is 18.9 Å². The molecule has 3 aromatic rings. The van der Waals surface area contributed by atoms with Crippen molar-refractivity contribution in [2.24, 2.45) is 0 Å². The van der Waals surface area contributed by atoms with Gasteiger partial charge in [-0.25, -0.2) is 0 Å². The lowest BCUT2D eigenvalue weighted by molar-refractivity contribution is -0.130. The van der Waals surface area contributed by atoms with Crippen LogP contribution >= 0.6 is 11.3 Å². The van der Waals surface area contributed by atoms with Gasteiger partial charge < -0.3 is 14.7 Å². The summed E-state index contributed by atoms with van der Waals surface area (Å²) < 4.78 is 5.85. The van der Waals surface area contributed by atoms with Crippen LogP contribution in [0.2, 0.25) is 0 Å². The standard InChI is InChI=1S/C25H24N2O4S/c1-2-3-12-31-19-9-4-8-18(14-19)22-21(23(28)20-10-6-13-32-20)24(29)25(30)27(22)16-17-7-5-11-26-15-17/h4-11,13-15,22,29H,2-3,12,16H2,1H3/t22-/m0/s1. The number of carbonyl (C=O) groups excluding carboxylic acids is 2. The predicted octanol–water partition coefficient (Wildman–Crippen LogP) is 5.10. The van der Waals surface area contributed by atoms with E-state index in [9.17, 15) is 14.7 Å². The summed E-state index contributed by atoms with van der Waals surface area (Å²) in [5.41, 5.74) is 1.60. The number of nitrogens with zero attached hydrogens (tertiary/aromatic N) is 2. The first-order valence-corrected chi connectivity index (χ1v) is 11.4. The average Bonchev–Trinajstić information content (AvgIpc) is 3.43. The molecule has 164 valence electrons. The number of carbonyl (C=O) groups is 2. The van der Waals surface area contributed by atoms with Crippen LogP contribution < -0.4 is 4.74 Å². The smallest absolute Gasteiger partial charge is 0.290 e. The summed E-state index contributed by atoms with van der Waals surface area (Å²) in [6.45, 7) is 2.89. The third kappa shape index (κ3) is 4.43. The Morgan fingerprint density at radius 3 is 2.81 bits per heavy atom. The van der Waals surface area contributed by atoms with E-state index >= 15 is 0 Å². The van der Waals surface area contributed by atoms with Gasteiger partial charge in [0.1, 0.15) is 5.75 Å². The summed E-state index contributed by atoms with van der Waals surface area (Å²) in [6.07, 6.45) is 5.28. The normalized spacial score (nSPS) is 16.0. The van der Waals surface area contributed by atoms with Crippen LogP contribution in [0.15, 0.2) is 77.6 Å². The molecular weight excluding hydrogens is 424 g/mol. The average molecular weight is 449 g/mol. The van der Waals surface area contributed by atoms with E-state index in [2.05, 4.69) is 11.9 Å². The van der Waals surface area contributed by atoms with E-state index in [4.69, 9.17) is 4.74 Å². The number of ketones is 1. The molecule has 2 aromatic heterocycles. The molecule has 1 N–H and O–H groups in total. The molecule has 0 bridgehead atoms. The fraction of sp³-hybridized carbons (Fsp3) is 0.240.